The molecule has 3 aliphatic rings. The van der Waals surface area contributed by atoms with Gasteiger partial charge in [-0.1, -0.05) is 37.3 Å². The Morgan fingerprint density at radius 1 is 0.938 bits per heavy atom. The van der Waals surface area contributed by atoms with Gasteiger partial charge in [0.25, 0.3) is 0 Å². The van der Waals surface area contributed by atoms with Crippen LogP contribution in [0.1, 0.15) is 38.5 Å². The number of allylic oxidation sites excluding steroid dienone is 6. The smallest absolute Gasteiger partial charge is 0.00269 e. The Labute approximate surface area is 98.4 Å². The molecule has 84 valence electrons. The van der Waals surface area contributed by atoms with Crippen LogP contribution in [0.25, 0.3) is 0 Å². The molecular formula is C16H20. The van der Waals surface area contributed by atoms with Crippen LogP contribution in [0, 0.1) is 11.8 Å². The summed E-state index contributed by atoms with van der Waals surface area (Å²) in [7, 11) is 0. The van der Waals surface area contributed by atoms with E-state index in [0.29, 0.717) is 5.92 Å². The Morgan fingerprint density at radius 2 is 1.81 bits per heavy atom. The molecule has 0 saturated heterocycles. The van der Waals surface area contributed by atoms with Gasteiger partial charge >= 0.3 is 0 Å². The van der Waals surface area contributed by atoms with Gasteiger partial charge in [-0.05, 0) is 54.7 Å². The summed E-state index contributed by atoms with van der Waals surface area (Å²) < 4.78 is 0. The molecule has 2 atom stereocenters. The quantitative estimate of drug-likeness (QED) is 0.516. The lowest BCUT2D eigenvalue weighted by Gasteiger charge is -2.35. The molecule has 0 spiro atoms. The van der Waals surface area contributed by atoms with Gasteiger partial charge in [-0.3, -0.25) is 0 Å². The third-order valence-corrected chi connectivity index (χ3v) is 4.43. The number of hydrogen-bond donors (Lipinski definition) is 0. The van der Waals surface area contributed by atoms with Crippen LogP contribution in [0.5, 0.6) is 0 Å². The lowest BCUT2D eigenvalue weighted by molar-refractivity contribution is 0.488. The third-order valence-electron chi connectivity index (χ3n) is 4.43. The molecule has 0 heteroatoms. The van der Waals surface area contributed by atoms with Crippen LogP contribution in [0.4, 0.5) is 0 Å². The van der Waals surface area contributed by atoms with Crippen LogP contribution < -0.4 is 0 Å². The van der Waals surface area contributed by atoms with Crippen molar-refractivity contribution in [3.63, 3.8) is 0 Å². The van der Waals surface area contributed by atoms with E-state index >= 15 is 0 Å². The van der Waals surface area contributed by atoms with Crippen molar-refractivity contribution in [3.05, 3.63) is 47.6 Å². The number of hydrogen-bond acceptors (Lipinski definition) is 0. The van der Waals surface area contributed by atoms with Crippen molar-refractivity contribution in [1.29, 1.82) is 0 Å². The van der Waals surface area contributed by atoms with Gasteiger partial charge in [0.15, 0.2) is 0 Å². The predicted molar refractivity (Wildman–Crippen MR) is 69.1 cm³/mol. The van der Waals surface area contributed by atoms with Crippen LogP contribution in [-0.2, 0) is 0 Å². The summed E-state index contributed by atoms with van der Waals surface area (Å²) in [6.45, 7) is 8.35. The average molecular weight is 212 g/mol. The average Bonchev–Trinajstić information content (AvgIpc) is 2.32. The molecule has 0 aliphatic heterocycles. The maximum atomic E-state index is 4.22. The molecule has 0 amide bonds. The zero-order valence-corrected chi connectivity index (χ0v) is 9.97. The highest BCUT2D eigenvalue weighted by Crippen LogP contribution is 2.44. The topological polar surface area (TPSA) is 0 Å². The lowest BCUT2D eigenvalue weighted by Crippen LogP contribution is -2.21. The highest BCUT2D eigenvalue weighted by molar-refractivity contribution is 5.51. The van der Waals surface area contributed by atoms with Gasteiger partial charge in [0, 0.05) is 5.92 Å². The summed E-state index contributed by atoms with van der Waals surface area (Å²) in [6.07, 6.45) is 12.9. The highest BCUT2D eigenvalue weighted by Gasteiger charge is 2.29. The van der Waals surface area contributed by atoms with Crippen LogP contribution in [0.15, 0.2) is 47.6 Å². The van der Waals surface area contributed by atoms with Crippen molar-refractivity contribution in [1.82, 2.24) is 0 Å². The molecule has 0 aromatic carbocycles. The second-order valence-electron chi connectivity index (χ2n) is 5.44. The van der Waals surface area contributed by atoms with E-state index in [1.54, 1.807) is 5.57 Å². The van der Waals surface area contributed by atoms with Crippen molar-refractivity contribution in [2.75, 3.05) is 0 Å². The van der Waals surface area contributed by atoms with E-state index in [1.165, 1.54) is 48.8 Å². The van der Waals surface area contributed by atoms with Gasteiger partial charge in [-0.15, -0.1) is 0 Å². The molecular weight excluding hydrogens is 192 g/mol. The van der Waals surface area contributed by atoms with Crippen molar-refractivity contribution in [2.24, 2.45) is 11.8 Å². The van der Waals surface area contributed by atoms with Crippen LogP contribution >= 0.6 is 0 Å². The normalized spacial score (nSPS) is 33.8. The first-order chi connectivity index (χ1) is 7.75. The van der Waals surface area contributed by atoms with Crippen molar-refractivity contribution >= 4 is 0 Å². The fraction of sp³-hybridized carbons (Fsp3) is 0.500. The second-order valence-corrected chi connectivity index (χ2v) is 5.44. The van der Waals surface area contributed by atoms with E-state index in [0.717, 1.165) is 12.3 Å². The fourth-order valence-electron chi connectivity index (χ4n) is 3.40. The Morgan fingerprint density at radius 3 is 2.69 bits per heavy atom. The van der Waals surface area contributed by atoms with Crippen molar-refractivity contribution in [2.45, 2.75) is 38.5 Å². The maximum Gasteiger partial charge on any atom is 0.00269 e. The third kappa shape index (κ3) is 1.52. The molecule has 0 heterocycles. The molecule has 0 bridgehead atoms. The zero-order valence-electron chi connectivity index (χ0n) is 9.97. The maximum absolute atomic E-state index is 4.22. The van der Waals surface area contributed by atoms with Crippen molar-refractivity contribution < 1.29 is 0 Å². The van der Waals surface area contributed by atoms with Gasteiger partial charge in [0.05, 0.1) is 0 Å². The summed E-state index contributed by atoms with van der Waals surface area (Å²) in [5, 5.41) is 0. The largest absolute Gasteiger partial charge is 0.0952 e. The Bertz CT molecular complexity index is 406. The highest BCUT2D eigenvalue weighted by atomic mass is 14.3. The van der Waals surface area contributed by atoms with E-state index in [9.17, 15) is 0 Å². The van der Waals surface area contributed by atoms with Crippen LogP contribution in [0.2, 0.25) is 0 Å². The lowest BCUT2D eigenvalue weighted by atomic mass is 9.69. The van der Waals surface area contributed by atoms with Crippen LogP contribution in [-0.4, -0.2) is 0 Å². The Kier molecular flexibility index (Phi) is 2.38. The van der Waals surface area contributed by atoms with Gasteiger partial charge < -0.3 is 0 Å². The molecule has 0 aromatic rings. The molecule has 16 heavy (non-hydrogen) atoms. The van der Waals surface area contributed by atoms with E-state index in [-0.39, 0.29) is 0 Å². The molecule has 2 unspecified atom stereocenters. The van der Waals surface area contributed by atoms with Gasteiger partial charge in [0.1, 0.15) is 0 Å². The first-order valence-electron chi connectivity index (χ1n) is 6.55. The predicted octanol–water partition coefficient (Wildman–Crippen LogP) is 4.57. The van der Waals surface area contributed by atoms with E-state index in [2.05, 4.69) is 25.3 Å². The van der Waals surface area contributed by atoms with E-state index < -0.39 is 0 Å². The summed E-state index contributed by atoms with van der Waals surface area (Å²) >= 11 is 0. The molecule has 0 aromatic heterocycles. The minimum absolute atomic E-state index is 0.655. The second kappa shape index (κ2) is 3.76. The molecule has 3 aliphatic carbocycles. The SMILES string of the molecule is C=C1CCC2C=C3CCCCC3C=C2C1=C. The molecule has 0 N–H and O–H groups in total. The number of rotatable bonds is 0. The molecule has 0 nitrogen and oxygen atoms in total. The summed E-state index contributed by atoms with van der Waals surface area (Å²) in [6, 6.07) is 0. The zero-order chi connectivity index (χ0) is 11.1. The Balaban J connectivity index is 1.94. The molecule has 3 rings (SSSR count). The monoisotopic (exact) mass is 212 g/mol. The molecule has 2 fully saturated rings. The van der Waals surface area contributed by atoms with E-state index in [1.807, 2.05) is 0 Å². The minimum Gasteiger partial charge on any atom is -0.0952 e. The number of fused-ring (bicyclic) bond motifs is 2. The van der Waals surface area contributed by atoms with E-state index in [4.69, 9.17) is 0 Å². The minimum atomic E-state index is 0.655. The molecule has 2 saturated carbocycles. The summed E-state index contributed by atoms with van der Waals surface area (Å²) in [5.41, 5.74) is 5.69. The first-order valence-corrected chi connectivity index (χ1v) is 6.55. The summed E-state index contributed by atoms with van der Waals surface area (Å²) in [4.78, 5) is 0. The van der Waals surface area contributed by atoms with Crippen LogP contribution in [0.3, 0.4) is 0 Å². The first kappa shape index (κ1) is 10.1. The van der Waals surface area contributed by atoms with Gasteiger partial charge in [0.2, 0.25) is 0 Å². The fourth-order valence-corrected chi connectivity index (χ4v) is 3.40. The standard InChI is InChI=1S/C16H20/c1-11-7-8-15-9-13-5-3-4-6-14(13)10-16(15)12(11)2/h9-10,14-15H,1-8H2. The van der Waals surface area contributed by atoms with Gasteiger partial charge in [-0.25, -0.2) is 0 Å². The van der Waals surface area contributed by atoms with Gasteiger partial charge in [-0.2, -0.15) is 0 Å². The van der Waals surface area contributed by atoms with Crippen molar-refractivity contribution in [3.8, 4) is 0 Å². The summed E-state index contributed by atoms with van der Waals surface area (Å²) in [5.74, 6) is 1.38. The Hall–Kier alpha value is -1.04. The molecule has 0 radical (unpaired) electrons.